The van der Waals surface area contributed by atoms with E-state index in [1.165, 1.54) is 38.4 Å². The molecule has 0 bridgehead atoms. The number of rotatable bonds is 7. The molecule has 2 heteroatoms. The lowest BCUT2D eigenvalue weighted by molar-refractivity contribution is 0.487. The topological polar surface area (TPSA) is 12.5 Å². The molecule has 1 heterocycles. The molecule has 11 rings (SSSR count). The molecule has 10 aromatic carbocycles. The van der Waals surface area contributed by atoms with Gasteiger partial charge >= 0.3 is 0 Å². The Bertz CT molecular complexity index is 3140. The lowest BCUT2D eigenvalue weighted by Crippen LogP contribution is -2.12. The smallest absolute Gasteiger partial charge is 0.135 e. The predicted molar refractivity (Wildman–Crippen MR) is 243 cm³/mol. The molecule has 2 nitrogen and oxygen atoms in total. The van der Waals surface area contributed by atoms with Gasteiger partial charge < -0.3 is 9.64 Å². The monoisotopic (exact) mass is 739 g/mol. The lowest BCUT2D eigenvalue weighted by atomic mass is 9.90. The first-order valence-corrected chi connectivity index (χ1v) is 19.8. The van der Waals surface area contributed by atoms with Gasteiger partial charge in [0, 0.05) is 27.8 Å². The van der Waals surface area contributed by atoms with Crippen LogP contribution in [0.1, 0.15) is 0 Å². The second kappa shape index (κ2) is 14.1. The van der Waals surface area contributed by atoms with Crippen LogP contribution in [-0.4, -0.2) is 0 Å². The third-order valence-corrected chi connectivity index (χ3v) is 11.4. The van der Waals surface area contributed by atoms with E-state index in [0.29, 0.717) is 0 Å². The highest BCUT2D eigenvalue weighted by Gasteiger charge is 2.24. The summed E-state index contributed by atoms with van der Waals surface area (Å²) in [7, 11) is 0. The summed E-state index contributed by atoms with van der Waals surface area (Å²) in [6.07, 6.45) is 0. The van der Waals surface area contributed by atoms with Crippen molar-refractivity contribution in [3.8, 4) is 67.1 Å². The van der Waals surface area contributed by atoms with Crippen LogP contribution in [0.3, 0.4) is 0 Å². The van der Waals surface area contributed by atoms with Crippen LogP contribution in [0, 0.1) is 0 Å². The summed E-state index contributed by atoms with van der Waals surface area (Å²) in [5, 5.41) is 4.79. The fraction of sp³-hybridized carbons (Fsp3) is 0. The Balaban J connectivity index is 1.12. The molecule has 272 valence electrons. The molecule has 0 unspecified atom stereocenters. The molecule has 0 saturated carbocycles. The Morgan fingerprint density at radius 3 is 1.50 bits per heavy atom. The second-order valence-corrected chi connectivity index (χ2v) is 14.8. The van der Waals surface area contributed by atoms with Gasteiger partial charge in [0.25, 0.3) is 0 Å². The zero-order valence-electron chi connectivity index (χ0n) is 31.7. The van der Waals surface area contributed by atoms with Gasteiger partial charge in [-0.05, 0) is 97.6 Å². The number of benzene rings is 10. The second-order valence-electron chi connectivity index (χ2n) is 14.8. The van der Waals surface area contributed by atoms with E-state index in [4.69, 9.17) is 4.74 Å². The quantitative estimate of drug-likeness (QED) is 0.161. The van der Waals surface area contributed by atoms with E-state index < -0.39 is 0 Å². The Hall–Kier alpha value is -7.68. The van der Waals surface area contributed by atoms with Gasteiger partial charge in [0.15, 0.2) is 0 Å². The van der Waals surface area contributed by atoms with E-state index in [1.807, 2.05) is 0 Å². The van der Waals surface area contributed by atoms with Gasteiger partial charge in [0.05, 0.1) is 11.4 Å². The number of nitrogens with zero attached hydrogens (tertiary/aromatic N) is 1. The maximum absolute atomic E-state index is 6.49. The molecule has 0 N–H and O–H groups in total. The van der Waals surface area contributed by atoms with Crippen molar-refractivity contribution in [2.45, 2.75) is 0 Å². The van der Waals surface area contributed by atoms with Crippen molar-refractivity contribution in [2.75, 3.05) is 4.90 Å². The summed E-state index contributed by atoms with van der Waals surface area (Å²) in [5.74, 6) is 1.78. The molecule has 0 atom stereocenters. The maximum Gasteiger partial charge on any atom is 0.135 e. The summed E-state index contributed by atoms with van der Waals surface area (Å²) in [5.41, 5.74) is 14.9. The van der Waals surface area contributed by atoms with Crippen molar-refractivity contribution in [1.82, 2.24) is 0 Å². The van der Waals surface area contributed by atoms with Gasteiger partial charge in [0.1, 0.15) is 11.5 Å². The predicted octanol–water partition coefficient (Wildman–Crippen LogP) is 15.9. The minimum atomic E-state index is 0.878. The fourth-order valence-corrected chi connectivity index (χ4v) is 8.83. The first kappa shape index (κ1) is 33.6. The number of fused-ring (bicyclic) bond motifs is 3. The molecule has 0 fully saturated rings. The van der Waals surface area contributed by atoms with Gasteiger partial charge in [-0.25, -0.2) is 0 Å². The van der Waals surface area contributed by atoms with Gasteiger partial charge in [-0.3, -0.25) is 0 Å². The summed E-state index contributed by atoms with van der Waals surface area (Å²) in [6, 6.07) is 80.7. The lowest BCUT2D eigenvalue weighted by Gasteiger charge is -2.30. The van der Waals surface area contributed by atoms with E-state index in [0.717, 1.165) is 67.3 Å². The molecule has 0 radical (unpaired) electrons. The molecule has 0 saturated heterocycles. The summed E-state index contributed by atoms with van der Waals surface area (Å²) in [6.45, 7) is 0. The van der Waals surface area contributed by atoms with E-state index in [2.05, 4.69) is 229 Å². The largest absolute Gasteiger partial charge is 0.456 e. The van der Waals surface area contributed by atoms with Crippen LogP contribution < -0.4 is 9.64 Å². The summed E-state index contributed by atoms with van der Waals surface area (Å²) < 4.78 is 6.49. The third kappa shape index (κ3) is 5.74. The standard InChI is InChI=1S/C56H37NO/c1-3-16-38(17-4-1)45-26-7-9-31-51(45)57(52-32-10-8-27-47(52)48-29-13-21-40-20-12-28-46(55(40)48)39-18-5-2-6-19-39)44-25-11-24-42(36-44)43-34-35-53-50(37-43)49-30-14-22-41-23-15-33-54(58-53)56(41)49/h1-37H. The fourth-order valence-electron chi connectivity index (χ4n) is 8.83. The first-order valence-electron chi connectivity index (χ1n) is 19.8. The van der Waals surface area contributed by atoms with Gasteiger partial charge in [-0.1, -0.05) is 182 Å². The number of anilines is 3. The zero-order chi connectivity index (χ0) is 38.4. The molecule has 1 aliphatic rings. The highest BCUT2D eigenvalue weighted by molar-refractivity contribution is 6.09. The number of hydrogen-bond donors (Lipinski definition) is 0. The molecular weight excluding hydrogens is 703 g/mol. The van der Waals surface area contributed by atoms with Crippen molar-refractivity contribution >= 4 is 38.6 Å². The Labute approximate surface area is 338 Å². The number of ether oxygens (including phenoxy) is 1. The molecule has 0 aliphatic carbocycles. The molecule has 10 aromatic rings. The average Bonchev–Trinajstić information content (AvgIpc) is 3.30. The minimum absolute atomic E-state index is 0.878. The molecule has 0 spiro atoms. The third-order valence-electron chi connectivity index (χ3n) is 11.4. The van der Waals surface area contributed by atoms with E-state index in [9.17, 15) is 0 Å². The van der Waals surface area contributed by atoms with E-state index in [-0.39, 0.29) is 0 Å². The van der Waals surface area contributed by atoms with Crippen molar-refractivity contribution in [2.24, 2.45) is 0 Å². The van der Waals surface area contributed by atoms with E-state index >= 15 is 0 Å². The van der Waals surface area contributed by atoms with Crippen LogP contribution >= 0.6 is 0 Å². The first-order chi connectivity index (χ1) is 28.8. The van der Waals surface area contributed by atoms with Crippen LogP contribution in [-0.2, 0) is 0 Å². The summed E-state index contributed by atoms with van der Waals surface area (Å²) >= 11 is 0. The zero-order valence-corrected chi connectivity index (χ0v) is 31.7. The van der Waals surface area contributed by atoms with Crippen LogP contribution in [0.15, 0.2) is 224 Å². The SMILES string of the molecule is c1ccc(-c2ccccc2N(c2cccc(-c3ccc4c(c3)-c3cccc5cccc(c35)O4)c2)c2ccccc2-c2cccc3cccc(-c4ccccc4)c23)cc1. The van der Waals surface area contributed by atoms with Crippen molar-refractivity contribution in [1.29, 1.82) is 0 Å². The number of para-hydroxylation sites is 2. The van der Waals surface area contributed by atoms with Crippen LogP contribution in [0.4, 0.5) is 17.1 Å². The van der Waals surface area contributed by atoms with Gasteiger partial charge in [0.2, 0.25) is 0 Å². The van der Waals surface area contributed by atoms with Crippen LogP contribution in [0.25, 0.3) is 77.2 Å². The van der Waals surface area contributed by atoms with Crippen LogP contribution in [0.2, 0.25) is 0 Å². The van der Waals surface area contributed by atoms with Crippen LogP contribution in [0.5, 0.6) is 11.5 Å². The highest BCUT2D eigenvalue weighted by Crippen LogP contribution is 2.50. The Morgan fingerprint density at radius 2 is 0.776 bits per heavy atom. The summed E-state index contributed by atoms with van der Waals surface area (Å²) in [4.78, 5) is 2.45. The van der Waals surface area contributed by atoms with Crippen molar-refractivity contribution in [3.63, 3.8) is 0 Å². The Morgan fingerprint density at radius 1 is 0.276 bits per heavy atom. The molecule has 58 heavy (non-hydrogen) atoms. The molecule has 0 aromatic heterocycles. The molecular formula is C56H37NO. The van der Waals surface area contributed by atoms with E-state index in [1.54, 1.807) is 0 Å². The van der Waals surface area contributed by atoms with Crippen molar-refractivity contribution in [3.05, 3.63) is 224 Å². The number of hydrogen-bond acceptors (Lipinski definition) is 2. The maximum atomic E-state index is 6.49. The molecule has 0 amide bonds. The normalized spacial score (nSPS) is 11.6. The molecule has 1 aliphatic heterocycles. The minimum Gasteiger partial charge on any atom is -0.456 e. The van der Waals surface area contributed by atoms with Gasteiger partial charge in [-0.2, -0.15) is 0 Å². The van der Waals surface area contributed by atoms with Gasteiger partial charge in [-0.15, -0.1) is 0 Å². The van der Waals surface area contributed by atoms with Crippen molar-refractivity contribution < 1.29 is 4.74 Å². The average molecular weight is 740 g/mol. The highest BCUT2D eigenvalue weighted by atomic mass is 16.5. The Kier molecular flexibility index (Phi) is 8.19.